The number of methoxy groups -OCH3 is 1. The lowest BCUT2D eigenvalue weighted by molar-refractivity contribution is -0.127. The summed E-state index contributed by atoms with van der Waals surface area (Å²) < 4.78 is 19.9. The molecular formula is C28H29FN6O3S. The van der Waals surface area contributed by atoms with Crippen molar-refractivity contribution in [1.29, 1.82) is 0 Å². The highest BCUT2D eigenvalue weighted by atomic mass is 32.1. The van der Waals surface area contributed by atoms with Crippen molar-refractivity contribution in [1.82, 2.24) is 25.5 Å². The SMILES string of the molecule is COc1ccccc1N(C(=O)Cn1nnc(-c2ccccc2F)n1)[C@H](C(=O)NC1CCCCC1)c1cccs1. The van der Waals surface area contributed by atoms with Gasteiger partial charge in [0, 0.05) is 10.9 Å². The second kappa shape index (κ2) is 12.2. The maximum absolute atomic E-state index is 14.3. The summed E-state index contributed by atoms with van der Waals surface area (Å²) in [4.78, 5) is 31.2. The van der Waals surface area contributed by atoms with Crippen LogP contribution >= 0.6 is 11.3 Å². The largest absolute Gasteiger partial charge is 0.495 e. The van der Waals surface area contributed by atoms with Crippen LogP contribution in [0.15, 0.2) is 66.0 Å². The molecule has 1 atom stereocenters. The fourth-order valence-corrected chi connectivity index (χ4v) is 5.66. The molecular weight excluding hydrogens is 519 g/mol. The van der Waals surface area contributed by atoms with Crippen LogP contribution in [0.3, 0.4) is 0 Å². The van der Waals surface area contributed by atoms with Gasteiger partial charge in [-0.15, -0.1) is 21.5 Å². The predicted octanol–water partition coefficient (Wildman–Crippen LogP) is 4.77. The molecule has 2 aromatic carbocycles. The third-order valence-electron chi connectivity index (χ3n) is 6.73. The summed E-state index contributed by atoms with van der Waals surface area (Å²) in [7, 11) is 1.52. The van der Waals surface area contributed by atoms with Crippen LogP contribution in [0.1, 0.15) is 43.0 Å². The number of tetrazole rings is 1. The quantitative estimate of drug-likeness (QED) is 0.323. The van der Waals surface area contributed by atoms with Gasteiger partial charge in [0.25, 0.3) is 5.91 Å². The van der Waals surface area contributed by atoms with Crippen molar-refractivity contribution in [3.05, 3.63) is 76.7 Å². The van der Waals surface area contributed by atoms with E-state index < -0.39 is 17.8 Å². The molecule has 0 radical (unpaired) electrons. The lowest BCUT2D eigenvalue weighted by atomic mass is 9.95. The third kappa shape index (κ3) is 5.98. The average Bonchev–Trinajstić information content (AvgIpc) is 3.65. The van der Waals surface area contributed by atoms with Crippen LogP contribution in [0.4, 0.5) is 10.1 Å². The van der Waals surface area contributed by atoms with E-state index in [-0.39, 0.29) is 29.9 Å². The standard InChI is InChI=1S/C28H29FN6O3S/c1-38-23-15-8-7-14-22(23)35(25(36)18-34-32-27(31-33-34)20-12-5-6-13-21(20)29)26(24-16-9-17-39-24)28(37)30-19-10-3-2-4-11-19/h5-9,12-17,19,26H,2-4,10-11,18H2,1H3,(H,30,37)/t26-/m0/s1. The molecule has 4 aromatic rings. The van der Waals surface area contributed by atoms with Gasteiger partial charge in [-0.05, 0) is 53.8 Å². The van der Waals surface area contributed by atoms with E-state index >= 15 is 0 Å². The second-order valence-electron chi connectivity index (χ2n) is 9.32. The molecule has 11 heteroatoms. The van der Waals surface area contributed by atoms with Gasteiger partial charge >= 0.3 is 0 Å². The molecule has 0 aliphatic heterocycles. The number of carbonyl (C=O) groups excluding carboxylic acids is 2. The molecule has 2 aromatic heterocycles. The fraction of sp³-hybridized carbons (Fsp3) is 0.321. The Bertz CT molecular complexity index is 1420. The van der Waals surface area contributed by atoms with Gasteiger partial charge in [0.05, 0.1) is 18.4 Å². The number of para-hydroxylation sites is 2. The van der Waals surface area contributed by atoms with E-state index in [4.69, 9.17) is 4.74 Å². The summed E-state index contributed by atoms with van der Waals surface area (Å²) in [5.74, 6) is -0.696. The number of nitrogens with one attached hydrogen (secondary N) is 1. The van der Waals surface area contributed by atoms with E-state index in [0.29, 0.717) is 16.3 Å². The Morgan fingerprint density at radius 3 is 2.62 bits per heavy atom. The summed E-state index contributed by atoms with van der Waals surface area (Å²) in [6, 6.07) is 16.0. The van der Waals surface area contributed by atoms with Crippen LogP contribution in [0.2, 0.25) is 0 Å². The third-order valence-corrected chi connectivity index (χ3v) is 7.65. The number of benzene rings is 2. The number of amides is 2. The highest BCUT2D eigenvalue weighted by Gasteiger charge is 2.36. The maximum Gasteiger partial charge on any atom is 0.251 e. The van der Waals surface area contributed by atoms with Crippen molar-refractivity contribution >= 4 is 28.8 Å². The molecule has 1 N–H and O–H groups in total. The lowest BCUT2D eigenvalue weighted by Gasteiger charge is -2.33. The molecule has 1 saturated carbocycles. The van der Waals surface area contributed by atoms with Gasteiger partial charge in [0.1, 0.15) is 24.2 Å². The number of ether oxygens (including phenoxy) is 1. The zero-order valence-electron chi connectivity index (χ0n) is 21.5. The molecule has 2 heterocycles. The molecule has 202 valence electrons. The van der Waals surface area contributed by atoms with E-state index in [1.807, 2.05) is 17.5 Å². The first-order valence-electron chi connectivity index (χ1n) is 12.9. The Labute approximate surface area is 229 Å². The van der Waals surface area contributed by atoms with E-state index in [0.717, 1.165) is 36.9 Å². The summed E-state index contributed by atoms with van der Waals surface area (Å²) in [5.41, 5.74) is 0.623. The molecule has 0 spiro atoms. The number of halogens is 1. The van der Waals surface area contributed by atoms with Crippen molar-refractivity contribution < 1.29 is 18.7 Å². The van der Waals surface area contributed by atoms with Crippen molar-refractivity contribution in [3.63, 3.8) is 0 Å². The minimum Gasteiger partial charge on any atom is -0.495 e. The number of hydrogen-bond acceptors (Lipinski definition) is 7. The Morgan fingerprint density at radius 2 is 1.87 bits per heavy atom. The van der Waals surface area contributed by atoms with Gasteiger partial charge in [0.15, 0.2) is 0 Å². The predicted molar refractivity (Wildman–Crippen MR) is 146 cm³/mol. The number of rotatable bonds is 9. The van der Waals surface area contributed by atoms with Crippen LogP contribution in [0.25, 0.3) is 11.4 Å². The van der Waals surface area contributed by atoms with Gasteiger partial charge < -0.3 is 10.1 Å². The van der Waals surface area contributed by atoms with Crippen molar-refractivity contribution in [2.45, 2.75) is 50.7 Å². The summed E-state index contributed by atoms with van der Waals surface area (Å²) in [6.45, 7) is -0.321. The van der Waals surface area contributed by atoms with Crippen LogP contribution in [-0.2, 0) is 16.1 Å². The van der Waals surface area contributed by atoms with E-state index in [1.54, 1.807) is 42.5 Å². The molecule has 0 unspecified atom stereocenters. The van der Waals surface area contributed by atoms with Crippen molar-refractivity contribution in [2.75, 3.05) is 12.0 Å². The monoisotopic (exact) mass is 548 g/mol. The van der Waals surface area contributed by atoms with E-state index in [1.165, 1.54) is 29.4 Å². The minimum atomic E-state index is -0.940. The smallest absolute Gasteiger partial charge is 0.251 e. The molecule has 5 rings (SSSR count). The van der Waals surface area contributed by atoms with Gasteiger partial charge in [-0.3, -0.25) is 14.5 Å². The number of carbonyl (C=O) groups is 2. The molecule has 1 fully saturated rings. The molecule has 1 aliphatic rings. The fourth-order valence-electron chi connectivity index (χ4n) is 4.85. The minimum absolute atomic E-state index is 0.0589. The zero-order valence-corrected chi connectivity index (χ0v) is 22.3. The Balaban J connectivity index is 1.50. The van der Waals surface area contributed by atoms with Crippen LogP contribution in [0.5, 0.6) is 5.75 Å². The summed E-state index contributed by atoms with van der Waals surface area (Å²) >= 11 is 1.40. The number of thiophene rings is 1. The summed E-state index contributed by atoms with van der Waals surface area (Å²) in [6.07, 6.45) is 5.10. The van der Waals surface area contributed by atoms with E-state index in [2.05, 4.69) is 20.7 Å². The molecule has 39 heavy (non-hydrogen) atoms. The number of aromatic nitrogens is 4. The van der Waals surface area contributed by atoms with Gasteiger partial charge in [-0.25, -0.2) is 4.39 Å². The zero-order chi connectivity index (χ0) is 27.2. The number of nitrogens with zero attached hydrogens (tertiary/aromatic N) is 5. The maximum atomic E-state index is 14.3. The van der Waals surface area contributed by atoms with Crippen molar-refractivity contribution in [3.8, 4) is 17.1 Å². The second-order valence-corrected chi connectivity index (χ2v) is 10.3. The molecule has 1 aliphatic carbocycles. The first kappa shape index (κ1) is 26.5. The lowest BCUT2D eigenvalue weighted by Crippen LogP contribution is -2.48. The van der Waals surface area contributed by atoms with Gasteiger partial charge in [-0.1, -0.05) is 49.6 Å². The van der Waals surface area contributed by atoms with E-state index in [9.17, 15) is 14.0 Å². The topological polar surface area (TPSA) is 102 Å². The molecule has 0 bridgehead atoms. The average molecular weight is 549 g/mol. The Hall–Kier alpha value is -4.12. The summed E-state index contributed by atoms with van der Waals surface area (Å²) in [5, 5.41) is 17.2. The first-order chi connectivity index (χ1) is 19.0. The molecule has 9 nitrogen and oxygen atoms in total. The Kier molecular flexibility index (Phi) is 8.26. The number of anilines is 1. The first-order valence-corrected chi connectivity index (χ1v) is 13.7. The van der Waals surface area contributed by atoms with Gasteiger partial charge in [-0.2, -0.15) is 4.80 Å². The van der Waals surface area contributed by atoms with Crippen LogP contribution < -0.4 is 15.0 Å². The highest BCUT2D eigenvalue weighted by Crippen LogP contribution is 2.37. The molecule has 2 amide bonds. The van der Waals surface area contributed by atoms with Gasteiger partial charge in [0.2, 0.25) is 11.7 Å². The van der Waals surface area contributed by atoms with Crippen LogP contribution in [0, 0.1) is 5.82 Å². The highest BCUT2D eigenvalue weighted by molar-refractivity contribution is 7.10. The van der Waals surface area contributed by atoms with Crippen LogP contribution in [-0.4, -0.2) is 45.2 Å². The number of hydrogen-bond donors (Lipinski definition) is 1. The normalized spacial score (nSPS) is 14.5. The molecule has 0 saturated heterocycles. The Morgan fingerprint density at radius 1 is 1.10 bits per heavy atom. The van der Waals surface area contributed by atoms with Crippen molar-refractivity contribution in [2.24, 2.45) is 0 Å².